The minimum absolute atomic E-state index is 0. The molecule has 0 bridgehead atoms. The van der Waals surface area contributed by atoms with E-state index in [-0.39, 0.29) is 553 Å². The fourth-order valence-corrected chi connectivity index (χ4v) is 0. The highest BCUT2D eigenvalue weighted by Crippen LogP contribution is -0.189. The molecule has 0 heterocycles. The van der Waals surface area contributed by atoms with E-state index in [1.54, 1.807) is 0 Å². The van der Waals surface area contributed by atoms with Crippen molar-refractivity contribution in [2.75, 3.05) is 0 Å². The van der Waals surface area contributed by atoms with Crippen LogP contribution in [-0.4, -0.2) is 553 Å². The number of hydrogen-bond acceptors (Lipinski definition) is 0. The Bertz CT molecular complexity index is 0. The van der Waals surface area contributed by atoms with Crippen LogP contribution in [0.2, 0.25) is 0 Å². The normalized spacial score (nSPS) is 0. The molecule has 0 rings (SSSR count). The van der Waals surface area contributed by atoms with Gasteiger partial charge >= 0.3 is 0 Å². The van der Waals surface area contributed by atoms with E-state index < -0.39 is 0 Å². The molecule has 808 valence electrons. The van der Waals surface area contributed by atoms with Crippen molar-refractivity contribution in [3.8, 4) is 0 Å². The first kappa shape index (κ1) is 54700. The Morgan fingerprint density at radius 2 is 0.00990 bits per heavy atom. The lowest BCUT2D eigenvalue weighted by molar-refractivity contribution is 0.823. The highest BCUT2D eigenvalue weighted by atomic mass is 16.1. The summed E-state index contributed by atoms with van der Waals surface area (Å²) in [5.74, 6) is 0. The Hall–Kier alpha value is -4.04. The molecule has 0 aromatic carbocycles. The summed E-state index contributed by atoms with van der Waals surface area (Å²) in [6.45, 7) is 0. The SMILES string of the molecule is O.O.O.O.O.O.O.O.O.O.O.O.O.O.O.O.O.O.O.O.O.O.O.O.O.O.O.O.O.O.O.O.O.O.O.O.O.O.O.O.O.O.O.O.O.O.O.O.O.O.O.O.O.O.O.O.O.O.O.O.O.O.O.O.O.O.O.O.O.O.O.O.O.O.O.O.O.O.O.O.O.O.O.O.O.O.O.O.O.O.O.O.O.O.O.O.O.O.O.O.O. The van der Waals surface area contributed by atoms with Crippen LogP contribution in [0.15, 0.2) is 0 Å². The first-order chi connectivity index (χ1) is 0. The number of hydrogen-bond donors (Lipinski definition) is 0. The molecule has 101 heteroatoms. The molecule has 101 heavy (non-hydrogen) atoms. The zero-order valence-electron chi connectivity index (χ0n) is 50.5. The van der Waals surface area contributed by atoms with E-state index in [2.05, 4.69) is 0 Å². The van der Waals surface area contributed by atoms with Crippen LogP contribution in [0.4, 0.5) is 0 Å². The molecule has 0 spiro atoms. The van der Waals surface area contributed by atoms with Crippen LogP contribution < -0.4 is 0 Å². The fourth-order valence-electron chi connectivity index (χ4n) is 0. The summed E-state index contributed by atoms with van der Waals surface area (Å²) in [5.41, 5.74) is 0. The Kier molecular flexibility index (Phi) is 28700000. The average Bonchev–Trinajstić information content (AvgIpc) is 0. The van der Waals surface area contributed by atoms with Crippen molar-refractivity contribution in [3.05, 3.63) is 0 Å². The van der Waals surface area contributed by atoms with Crippen LogP contribution >= 0.6 is 0 Å². The zero-order valence-corrected chi connectivity index (χ0v) is 50.5. The minimum Gasteiger partial charge on any atom is -0.412 e. The van der Waals surface area contributed by atoms with Gasteiger partial charge in [-0.05, 0) is 0 Å². The average molecular weight is 1820 g/mol. The third kappa shape index (κ3) is 51900. The van der Waals surface area contributed by atoms with Gasteiger partial charge in [0, 0.05) is 0 Å². The van der Waals surface area contributed by atoms with Gasteiger partial charge in [-0.3, -0.25) is 0 Å². The van der Waals surface area contributed by atoms with E-state index in [1.807, 2.05) is 0 Å². The van der Waals surface area contributed by atoms with Crippen molar-refractivity contribution in [2.45, 2.75) is 0 Å². The third-order valence-electron chi connectivity index (χ3n) is 0. The van der Waals surface area contributed by atoms with E-state index in [4.69, 9.17) is 0 Å². The summed E-state index contributed by atoms with van der Waals surface area (Å²) in [7, 11) is 0. The molecule has 0 atom stereocenters. The van der Waals surface area contributed by atoms with E-state index in [1.165, 1.54) is 0 Å². The molecular formula is H202O101. The second kappa shape index (κ2) is 53000. The zero-order chi connectivity index (χ0) is 0. The van der Waals surface area contributed by atoms with Crippen molar-refractivity contribution in [1.29, 1.82) is 0 Å². The van der Waals surface area contributed by atoms with E-state index in [0.717, 1.165) is 0 Å². The van der Waals surface area contributed by atoms with Crippen molar-refractivity contribution in [3.63, 3.8) is 0 Å². The van der Waals surface area contributed by atoms with Gasteiger partial charge in [0.05, 0.1) is 0 Å². The highest BCUT2D eigenvalue weighted by molar-refractivity contribution is 0.924. The monoisotopic (exact) mass is 1820 g/mol. The highest BCUT2D eigenvalue weighted by Gasteiger charge is -0.312. The predicted octanol–water partition coefficient (Wildman–Crippen LogP) is -83.3. The standard InChI is InChI=1S/101H2O/h101*1H2. The van der Waals surface area contributed by atoms with Gasteiger partial charge in [0.2, 0.25) is 0 Å². The van der Waals surface area contributed by atoms with Crippen molar-refractivity contribution >= 4 is 0 Å². The number of rotatable bonds is 0. The molecule has 0 radical (unpaired) electrons. The van der Waals surface area contributed by atoms with Crippen molar-refractivity contribution < 1.29 is 553 Å². The second-order valence-corrected chi connectivity index (χ2v) is 0. The quantitative estimate of drug-likeness (QED) is 0.218. The van der Waals surface area contributed by atoms with Gasteiger partial charge < -0.3 is 553 Å². The molecule has 0 aliphatic carbocycles. The smallest absolute Gasteiger partial charge is 0.412 e. The summed E-state index contributed by atoms with van der Waals surface area (Å²) in [4.78, 5) is 0. The molecule has 0 aromatic heterocycles. The van der Waals surface area contributed by atoms with Gasteiger partial charge in [-0.15, -0.1) is 0 Å². The largest absolute Gasteiger partial charge is 0.412 e. The molecule has 101 nitrogen and oxygen atoms in total. The molecule has 0 aliphatic rings. The van der Waals surface area contributed by atoms with Crippen LogP contribution in [0.25, 0.3) is 0 Å². The Morgan fingerprint density at radius 3 is 0.00990 bits per heavy atom. The molecule has 0 fully saturated rings. The molecule has 0 amide bonds. The van der Waals surface area contributed by atoms with E-state index in [9.17, 15) is 0 Å². The second-order valence-electron chi connectivity index (χ2n) is 0. The maximum absolute atomic E-state index is 0. The molecule has 0 unspecified atom stereocenters. The first-order valence-electron chi connectivity index (χ1n) is 0. The van der Waals surface area contributed by atoms with Gasteiger partial charge in [0.25, 0.3) is 0 Å². The van der Waals surface area contributed by atoms with Gasteiger partial charge in [0.15, 0.2) is 0 Å². The lowest BCUT2D eigenvalue weighted by atomic mass is 16.0. The van der Waals surface area contributed by atoms with Gasteiger partial charge in [0.1, 0.15) is 0 Å². The topological polar surface area (TPSA) is 3180 Å². The lowest BCUT2D eigenvalue weighted by Crippen LogP contribution is -0.290. The van der Waals surface area contributed by atoms with Crippen LogP contribution in [-0.2, 0) is 0 Å². The summed E-state index contributed by atoms with van der Waals surface area (Å²) in [6.07, 6.45) is 0. The molecule has 0 aromatic rings. The van der Waals surface area contributed by atoms with E-state index in [0.29, 0.717) is 0 Å². The fraction of sp³-hybridized carbons (Fsp3) is 0. The maximum atomic E-state index is 0. The minimum atomic E-state index is 0. The van der Waals surface area contributed by atoms with Gasteiger partial charge in [-0.25, -0.2) is 0 Å². The van der Waals surface area contributed by atoms with Gasteiger partial charge in [-0.1, -0.05) is 0 Å². The van der Waals surface area contributed by atoms with Gasteiger partial charge in [-0.2, -0.15) is 0 Å². The molecule has 0 aliphatic heterocycles. The molecular weight excluding hydrogens is 1620 g/mol. The Balaban J connectivity index is 0. The molecule has 202 N–H and O–H groups in total. The van der Waals surface area contributed by atoms with Crippen molar-refractivity contribution in [1.82, 2.24) is 0 Å². The first-order valence-corrected chi connectivity index (χ1v) is 0. The van der Waals surface area contributed by atoms with Crippen LogP contribution in [0.1, 0.15) is 0 Å². The van der Waals surface area contributed by atoms with Crippen molar-refractivity contribution in [2.24, 2.45) is 0 Å². The molecule has 0 saturated carbocycles. The summed E-state index contributed by atoms with van der Waals surface area (Å²) in [5, 5.41) is 0. The summed E-state index contributed by atoms with van der Waals surface area (Å²) < 4.78 is 0. The Labute approximate surface area is 555 Å². The lowest BCUT2D eigenvalue weighted by Gasteiger charge is -0.413. The summed E-state index contributed by atoms with van der Waals surface area (Å²) in [6, 6.07) is 0. The van der Waals surface area contributed by atoms with Crippen LogP contribution in [0.5, 0.6) is 0 Å². The third-order valence-corrected chi connectivity index (χ3v) is 0. The predicted molar refractivity (Wildman–Crippen MR) is 365 cm³/mol. The van der Waals surface area contributed by atoms with E-state index >= 15 is 0 Å². The molecule has 0 saturated heterocycles. The van der Waals surface area contributed by atoms with Crippen LogP contribution in [0.3, 0.4) is 0 Å². The summed E-state index contributed by atoms with van der Waals surface area (Å²) >= 11 is 0. The Morgan fingerprint density at radius 1 is 0.00990 bits per heavy atom. The maximum Gasteiger partial charge on any atom is -0.412 e. The van der Waals surface area contributed by atoms with Crippen LogP contribution in [0, 0.1) is 0 Å².